The first-order valence-electron chi connectivity index (χ1n) is 4.65. The van der Waals surface area contributed by atoms with Crippen LogP contribution in [0.2, 0.25) is 0 Å². The molecule has 0 aromatic carbocycles. The summed E-state index contributed by atoms with van der Waals surface area (Å²) in [5.41, 5.74) is 5.51. The predicted octanol–water partition coefficient (Wildman–Crippen LogP) is -1.30. The monoisotopic (exact) mass is 208 g/mol. The number of nitrogens with one attached hydrogen (secondary N) is 1. The van der Waals surface area contributed by atoms with Gasteiger partial charge in [-0.25, -0.2) is 0 Å². The lowest BCUT2D eigenvalue weighted by atomic mass is 10.4. The van der Waals surface area contributed by atoms with Crippen molar-refractivity contribution in [1.29, 1.82) is 0 Å². The average Bonchev–Trinajstić information content (AvgIpc) is 2.16. The SMILES string of the molecule is Cc1nc(N)nc(N2CCNC(=O)C2)n1. The number of aryl methyl sites for hydroxylation is 1. The molecule has 0 atom stereocenters. The molecule has 80 valence electrons. The third-order valence-corrected chi connectivity index (χ3v) is 2.07. The van der Waals surface area contributed by atoms with Gasteiger partial charge in [0.15, 0.2) is 0 Å². The first-order chi connectivity index (χ1) is 7.15. The zero-order valence-electron chi connectivity index (χ0n) is 8.40. The lowest BCUT2D eigenvalue weighted by molar-refractivity contribution is -0.120. The van der Waals surface area contributed by atoms with E-state index in [9.17, 15) is 4.79 Å². The van der Waals surface area contributed by atoms with Gasteiger partial charge in [-0.3, -0.25) is 4.79 Å². The molecule has 7 heteroatoms. The number of rotatable bonds is 1. The fraction of sp³-hybridized carbons (Fsp3) is 0.500. The van der Waals surface area contributed by atoms with E-state index in [0.717, 1.165) is 0 Å². The van der Waals surface area contributed by atoms with Crippen LogP contribution in [0.15, 0.2) is 0 Å². The van der Waals surface area contributed by atoms with E-state index >= 15 is 0 Å². The number of anilines is 2. The second kappa shape index (κ2) is 3.68. The van der Waals surface area contributed by atoms with Crippen LogP contribution in [0, 0.1) is 6.92 Å². The highest BCUT2D eigenvalue weighted by molar-refractivity contribution is 5.81. The molecular formula is C8H12N6O. The third-order valence-electron chi connectivity index (χ3n) is 2.07. The Morgan fingerprint density at radius 2 is 2.20 bits per heavy atom. The molecule has 0 radical (unpaired) electrons. The summed E-state index contributed by atoms with van der Waals surface area (Å²) in [6.07, 6.45) is 0. The lowest BCUT2D eigenvalue weighted by Crippen LogP contribution is -2.48. The van der Waals surface area contributed by atoms with Gasteiger partial charge in [0.1, 0.15) is 5.82 Å². The maximum absolute atomic E-state index is 11.2. The maximum atomic E-state index is 11.2. The smallest absolute Gasteiger partial charge is 0.239 e. The van der Waals surface area contributed by atoms with E-state index in [1.165, 1.54) is 0 Å². The second-order valence-electron chi connectivity index (χ2n) is 3.31. The van der Waals surface area contributed by atoms with Crippen LogP contribution in [0.3, 0.4) is 0 Å². The fourth-order valence-corrected chi connectivity index (χ4v) is 1.44. The maximum Gasteiger partial charge on any atom is 0.239 e. The van der Waals surface area contributed by atoms with Gasteiger partial charge in [0.05, 0.1) is 6.54 Å². The Morgan fingerprint density at radius 3 is 2.87 bits per heavy atom. The van der Waals surface area contributed by atoms with Crippen LogP contribution >= 0.6 is 0 Å². The quantitative estimate of drug-likeness (QED) is 0.595. The van der Waals surface area contributed by atoms with Crippen LogP contribution in [0.4, 0.5) is 11.9 Å². The van der Waals surface area contributed by atoms with Crippen molar-refractivity contribution < 1.29 is 4.79 Å². The van der Waals surface area contributed by atoms with Crippen molar-refractivity contribution in [1.82, 2.24) is 20.3 Å². The van der Waals surface area contributed by atoms with Crippen LogP contribution < -0.4 is 16.0 Å². The largest absolute Gasteiger partial charge is 0.368 e. The van der Waals surface area contributed by atoms with Crippen LogP contribution in [0.25, 0.3) is 0 Å². The predicted molar refractivity (Wildman–Crippen MR) is 54.2 cm³/mol. The van der Waals surface area contributed by atoms with Crippen molar-refractivity contribution in [3.05, 3.63) is 5.82 Å². The van der Waals surface area contributed by atoms with Gasteiger partial charge >= 0.3 is 0 Å². The number of hydrogen-bond donors (Lipinski definition) is 2. The summed E-state index contributed by atoms with van der Waals surface area (Å²) in [5.74, 6) is 1.18. The molecule has 1 aromatic rings. The minimum absolute atomic E-state index is 0.0297. The molecule has 7 nitrogen and oxygen atoms in total. The molecule has 0 bridgehead atoms. The number of amides is 1. The van der Waals surface area contributed by atoms with Crippen LogP contribution in [0.5, 0.6) is 0 Å². The van der Waals surface area contributed by atoms with Crippen molar-refractivity contribution in [3.8, 4) is 0 Å². The lowest BCUT2D eigenvalue weighted by Gasteiger charge is -2.26. The number of piperazine rings is 1. The highest BCUT2D eigenvalue weighted by Gasteiger charge is 2.19. The number of carbonyl (C=O) groups is 1. The second-order valence-corrected chi connectivity index (χ2v) is 3.31. The summed E-state index contributed by atoms with van der Waals surface area (Å²) in [4.78, 5) is 24.9. The first-order valence-corrected chi connectivity index (χ1v) is 4.65. The molecule has 0 spiro atoms. The van der Waals surface area contributed by atoms with Gasteiger partial charge in [0.2, 0.25) is 17.8 Å². The van der Waals surface area contributed by atoms with Crippen molar-refractivity contribution in [3.63, 3.8) is 0 Å². The first kappa shape index (κ1) is 9.63. The van der Waals surface area contributed by atoms with Crippen molar-refractivity contribution >= 4 is 17.8 Å². The number of hydrogen-bond acceptors (Lipinski definition) is 6. The number of nitrogens with zero attached hydrogens (tertiary/aromatic N) is 4. The molecule has 3 N–H and O–H groups in total. The Bertz CT molecular complexity index is 372. The highest BCUT2D eigenvalue weighted by atomic mass is 16.2. The van der Waals surface area contributed by atoms with Crippen molar-refractivity contribution in [2.45, 2.75) is 6.92 Å². The molecule has 2 rings (SSSR count). The standard InChI is InChI=1S/C8H12N6O/c1-5-11-7(9)13-8(12-5)14-3-2-10-6(15)4-14/h2-4H2,1H3,(H,10,15)(H2,9,11,12,13). The minimum atomic E-state index is -0.0297. The molecule has 0 unspecified atom stereocenters. The third kappa shape index (κ3) is 2.12. The highest BCUT2D eigenvalue weighted by Crippen LogP contribution is 2.09. The number of aromatic nitrogens is 3. The van der Waals surface area contributed by atoms with Crippen molar-refractivity contribution in [2.24, 2.45) is 0 Å². The van der Waals surface area contributed by atoms with Gasteiger partial charge < -0.3 is 16.0 Å². The molecule has 2 heterocycles. The molecule has 0 aliphatic carbocycles. The summed E-state index contributed by atoms with van der Waals surface area (Å²) in [5, 5.41) is 2.73. The van der Waals surface area contributed by atoms with Crippen LogP contribution in [-0.2, 0) is 4.79 Å². The fourth-order valence-electron chi connectivity index (χ4n) is 1.44. The van der Waals surface area contributed by atoms with Gasteiger partial charge in [-0.05, 0) is 6.92 Å². The van der Waals surface area contributed by atoms with Gasteiger partial charge in [0, 0.05) is 13.1 Å². The minimum Gasteiger partial charge on any atom is -0.368 e. The van der Waals surface area contributed by atoms with Crippen LogP contribution in [-0.4, -0.2) is 40.5 Å². The Hall–Kier alpha value is -1.92. The molecule has 0 saturated carbocycles. The summed E-state index contributed by atoms with van der Waals surface area (Å²) >= 11 is 0. The summed E-state index contributed by atoms with van der Waals surface area (Å²) < 4.78 is 0. The van der Waals surface area contributed by atoms with Crippen molar-refractivity contribution in [2.75, 3.05) is 30.3 Å². The molecule has 1 aliphatic rings. The Kier molecular flexibility index (Phi) is 2.36. The molecular weight excluding hydrogens is 196 g/mol. The molecule has 1 aromatic heterocycles. The zero-order chi connectivity index (χ0) is 10.8. The van der Waals surface area contributed by atoms with Gasteiger partial charge in [0.25, 0.3) is 0 Å². The van der Waals surface area contributed by atoms with E-state index < -0.39 is 0 Å². The number of nitrogen functional groups attached to an aromatic ring is 1. The summed E-state index contributed by atoms with van der Waals surface area (Å²) in [6, 6.07) is 0. The van der Waals surface area contributed by atoms with E-state index in [-0.39, 0.29) is 18.4 Å². The number of nitrogens with two attached hydrogens (primary N) is 1. The molecule has 1 amide bonds. The molecule has 1 aliphatic heterocycles. The van der Waals surface area contributed by atoms with Crippen LogP contribution in [0.1, 0.15) is 5.82 Å². The normalized spacial score (nSPS) is 16.3. The molecule has 15 heavy (non-hydrogen) atoms. The zero-order valence-corrected chi connectivity index (χ0v) is 8.40. The average molecular weight is 208 g/mol. The summed E-state index contributed by atoms with van der Waals surface area (Å²) in [6.45, 7) is 3.30. The molecule has 1 saturated heterocycles. The van der Waals surface area contributed by atoms with E-state index in [1.807, 2.05) is 0 Å². The van der Waals surface area contributed by atoms with Gasteiger partial charge in [-0.15, -0.1) is 0 Å². The summed E-state index contributed by atoms with van der Waals surface area (Å²) in [7, 11) is 0. The van der Waals surface area contributed by atoms with E-state index in [0.29, 0.717) is 24.9 Å². The number of carbonyl (C=O) groups excluding carboxylic acids is 1. The Balaban J connectivity index is 2.24. The van der Waals surface area contributed by atoms with E-state index in [4.69, 9.17) is 5.73 Å². The van der Waals surface area contributed by atoms with Gasteiger partial charge in [-0.1, -0.05) is 0 Å². The van der Waals surface area contributed by atoms with E-state index in [1.54, 1.807) is 11.8 Å². The molecule has 1 fully saturated rings. The van der Waals surface area contributed by atoms with E-state index in [2.05, 4.69) is 20.3 Å². The Morgan fingerprint density at radius 1 is 1.40 bits per heavy atom. The van der Waals surface area contributed by atoms with Gasteiger partial charge in [-0.2, -0.15) is 15.0 Å². The Labute approximate surface area is 86.7 Å². The topological polar surface area (TPSA) is 97.0 Å².